The van der Waals surface area contributed by atoms with Crippen molar-refractivity contribution in [2.45, 2.75) is 71.2 Å². The van der Waals surface area contributed by atoms with Crippen molar-refractivity contribution >= 4 is 41.9 Å². The highest BCUT2D eigenvalue weighted by Crippen LogP contribution is 2.51. The Labute approximate surface area is 241 Å². The molecular formula is C32H38BNO7. The molecule has 2 fully saturated rings. The number of hydrogen-bond donors (Lipinski definition) is 2. The van der Waals surface area contributed by atoms with Crippen LogP contribution in [0.15, 0.2) is 53.1 Å². The van der Waals surface area contributed by atoms with Gasteiger partial charge in [0.1, 0.15) is 5.75 Å². The van der Waals surface area contributed by atoms with Gasteiger partial charge < -0.3 is 19.5 Å². The van der Waals surface area contributed by atoms with Crippen LogP contribution in [-0.4, -0.2) is 53.3 Å². The molecule has 2 aromatic rings. The summed E-state index contributed by atoms with van der Waals surface area (Å²) in [6, 6.07) is 11.4. The lowest BCUT2D eigenvalue weighted by atomic mass is 9.58. The Kier molecular flexibility index (Phi) is 8.66. The summed E-state index contributed by atoms with van der Waals surface area (Å²) >= 11 is 0. The number of fused-ring (bicyclic) bond motifs is 4. The number of benzene rings is 2. The predicted octanol–water partition coefficient (Wildman–Crippen LogP) is 5.87. The summed E-state index contributed by atoms with van der Waals surface area (Å²) in [5.74, 6) is -2.49. The molecule has 0 aromatic heterocycles. The number of nitrogens with zero attached hydrogens (tertiary/aromatic N) is 1. The quantitative estimate of drug-likeness (QED) is 0.236. The second-order valence-electron chi connectivity index (χ2n) is 11.4. The van der Waals surface area contributed by atoms with Gasteiger partial charge in [0.15, 0.2) is 0 Å². The zero-order chi connectivity index (χ0) is 29.3. The predicted molar refractivity (Wildman–Crippen MR) is 157 cm³/mol. The topological polar surface area (TPSA) is 113 Å². The van der Waals surface area contributed by atoms with E-state index in [0.29, 0.717) is 17.7 Å². The highest BCUT2D eigenvalue weighted by Gasteiger charge is 2.59. The highest BCUT2D eigenvalue weighted by molar-refractivity contribution is 6.43. The third kappa shape index (κ3) is 5.45. The summed E-state index contributed by atoms with van der Waals surface area (Å²) in [5.41, 5.74) is 4.40. The van der Waals surface area contributed by atoms with Gasteiger partial charge in [0.2, 0.25) is 11.8 Å². The number of phenols is 1. The average molecular weight is 559 g/mol. The van der Waals surface area contributed by atoms with Crippen LogP contribution in [0.3, 0.4) is 0 Å². The van der Waals surface area contributed by atoms with Crippen LogP contribution < -0.4 is 0 Å². The molecule has 2 aliphatic heterocycles. The third-order valence-corrected chi connectivity index (χ3v) is 8.81. The van der Waals surface area contributed by atoms with Crippen molar-refractivity contribution in [1.82, 2.24) is 4.90 Å². The van der Waals surface area contributed by atoms with Gasteiger partial charge in [0, 0.05) is 5.39 Å². The smallest absolute Gasteiger partial charge is 0.455 e. The van der Waals surface area contributed by atoms with E-state index in [1.54, 1.807) is 6.07 Å². The van der Waals surface area contributed by atoms with Gasteiger partial charge >= 0.3 is 13.2 Å². The molecule has 1 aliphatic carbocycles. The lowest BCUT2D eigenvalue weighted by Crippen LogP contribution is -2.46. The molecule has 2 aromatic carbocycles. The van der Waals surface area contributed by atoms with Crippen molar-refractivity contribution in [1.29, 1.82) is 0 Å². The fourth-order valence-electron chi connectivity index (χ4n) is 7.13. The van der Waals surface area contributed by atoms with Crippen LogP contribution >= 0.6 is 0 Å². The first-order valence-electron chi connectivity index (χ1n) is 14.7. The zero-order valence-corrected chi connectivity index (χ0v) is 24.0. The Bertz CT molecular complexity index is 1420. The van der Waals surface area contributed by atoms with Crippen LogP contribution in [-0.2, 0) is 19.0 Å². The maximum absolute atomic E-state index is 13.4. The van der Waals surface area contributed by atoms with Gasteiger partial charge in [-0.3, -0.25) is 9.59 Å². The van der Waals surface area contributed by atoms with E-state index < -0.39 is 43.0 Å². The van der Waals surface area contributed by atoms with Crippen LogP contribution in [0.4, 0.5) is 4.79 Å². The molecule has 0 radical (unpaired) electrons. The summed E-state index contributed by atoms with van der Waals surface area (Å²) in [5, 5.41) is 22.9. The molecule has 2 saturated heterocycles. The Morgan fingerprint density at radius 3 is 2.54 bits per heavy atom. The highest BCUT2D eigenvalue weighted by atomic mass is 16.5. The molecule has 41 heavy (non-hydrogen) atoms. The molecule has 0 unspecified atom stereocenters. The zero-order valence-electron chi connectivity index (χ0n) is 24.0. The van der Waals surface area contributed by atoms with Gasteiger partial charge in [0.25, 0.3) is 0 Å². The van der Waals surface area contributed by atoms with Crippen molar-refractivity contribution in [3.05, 3.63) is 58.7 Å². The minimum Gasteiger partial charge on any atom is -0.507 e. The van der Waals surface area contributed by atoms with E-state index in [1.807, 2.05) is 30.3 Å². The van der Waals surface area contributed by atoms with Crippen molar-refractivity contribution in [2.24, 2.45) is 17.8 Å². The standard InChI is InChI=1S/C32H38BNO7/c1-4-8-19(16-20-13-14-26(35)23-11-7-6-10-22(20)23)12-15-27-28-21(9-5-2)17-24-29(25(28)18-33(39)41-27)31(37)34(30(24)36)32(38)40-3/h6-7,10-11,13-14,16,24-25,27,29,35,39H,4-5,8-9,12,15,17-18H2,1-3H3/b19-16+/t24-,25+,27-,29-/m1/s1. The lowest BCUT2D eigenvalue weighted by Gasteiger charge is -2.43. The van der Waals surface area contributed by atoms with E-state index in [-0.39, 0.29) is 18.0 Å². The molecule has 216 valence electrons. The number of ether oxygens (including phenoxy) is 1. The maximum atomic E-state index is 13.4. The largest absolute Gasteiger partial charge is 0.507 e. The molecule has 3 amide bonds. The minimum atomic E-state index is -1.06. The average Bonchev–Trinajstić information content (AvgIpc) is 3.22. The van der Waals surface area contributed by atoms with Crippen LogP contribution in [0.25, 0.3) is 16.8 Å². The first-order valence-corrected chi connectivity index (χ1v) is 14.7. The number of phenolic OH excluding ortho intramolecular Hbond substituents is 1. The number of methoxy groups -OCH3 is 1. The maximum Gasteiger partial charge on any atom is 0.455 e. The molecule has 8 nitrogen and oxygen atoms in total. The molecule has 2 N–H and O–H groups in total. The number of likely N-dealkylation sites (tertiary alicyclic amines) is 1. The van der Waals surface area contributed by atoms with E-state index in [0.717, 1.165) is 66.7 Å². The number of imide groups is 3. The van der Waals surface area contributed by atoms with Crippen molar-refractivity contribution in [3.8, 4) is 5.75 Å². The SMILES string of the molecule is CCCC1=C2[C@@H](CC/C(=C/c3ccc(O)c4ccccc34)CCC)OB(O)C[C@@H]2[C@@H]2C(=O)N(C(=O)OC)C(=O)[C@@H]2C1. The number of rotatable bonds is 8. The Balaban J connectivity index is 1.46. The fourth-order valence-corrected chi connectivity index (χ4v) is 7.13. The molecule has 4 atom stereocenters. The second-order valence-corrected chi connectivity index (χ2v) is 11.4. The van der Waals surface area contributed by atoms with Gasteiger partial charge in [-0.2, -0.15) is 4.90 Å². The number of amides is 3. The molecule has 5 rings (SSSR count). The minimum absolute atomic E-state index is 0.214. The second kappa shape index (κ2) is 12.2. The third-order valence-electron chi connectivity index (χ3n) is 8.81. The van der Waals surface area contributed by atoms with Gasteiger partial charge in [-0.15, -0.1) is 0 Å². The number of allylic oxidation sites excluding steroid dienone is 2. The van der Waals surface area contributed by atoms with Gasteiger partial charge in [0.05, 0.1) is 25.0 Å². The van der Waals surface area contributed by atoms with Gasteiger partial charge in [-0.25, -0.2) is 4.79 Å². The molecule has 0 bridgehead atoms. The van der Waals surface area contributed by atoms with Crippen LogP contribution in [0.2, 0.25) is 6.32 Å². The molecule has 9 heteroatoms. The number of aromatic hydroxyl groups is 1. The van der Waals surface area contributed by atoms with E-state index >= 15 is 0 Å². The first kappa shape index (κ1) is 29.1. The van der Waals surface area contributed by atoms with E-state index in [1.165, 1.54) is 5.57 Å². The molecular weight excluding hydrogens is 521 g/mol. The summed E-state index contributed by atoms with van der Waals surface area (Å²) in [7, 11) is 0.0957. The Morgan fingerprint density at radius 2 is 1.83 bits per heavy atom. The summed E-state index contributed by atoms with van der Waals surface area (Å²) in [6.07, 6.45) is 6.31. The monoisotopic (exact) mass is 559 g/mol. The summed E-state index contributed by atoms with van der Waals surface area (Å²) < 4.78 is 10.9. The van der Waals surface area contributed by atoms with Crippen molar-refractivity contribution < 1.29 is 33.9 Å². The molecule has 0 spiro atoms. The first-order chi connectivity index (χ1) is 19.8. The van der Waals surface area contributed by atoms with Crippen LogP contribution in [0.5, 0.6) is 5.75 Å². The number of carbonyl (C=O) groups is 3. The van der Waals surface area contributed by atoms with Gasteiger partial charge in [-0.1, -0.05) is 74.2 Å². The van der Waals surface area contributed by atoms with Crippen molar-refractivity contribution in [2.75, 3.05) is 7.11 Å². The fraction of sp³-hybridized carbons (Fsp3) is 0.469. The number of hydrogen-bond acceptors (Lipinski definition) is 7. The summed E-state index contributed by atoms with van der Waals surface area (Å²) in [4.78, 5) is 39.6. The van der Waals surface area contributed by atoms with Crippen LogP contribution in [0.1, 0.15) is 64.4 Å². The lowest BCUT2D eigenvalue weighted by molar-refractivity contribution is -0.137. The number of carbonyl (C=O) groups excluding carboxylic acids is 3. The van der Waals surface area contributed by atoms with E-state index in [4.69, 9.17) is 9.39 Å². The Morgan fingerprint density at radius 1 is 1.07 bits per heavy atom. The summed E-state index contributed by atoms with van der Waals surface area (Å²) in [6.45, 7) is 4.22. The normalized spacial score (nSPS) is 24.6. The van der Waals surface area contributed by atoms with Gasteiger partial charge in [-0.05, 0) is 66.9 Å². The van der Waals surface area contributed by atoms with Crippen molar-refractivity contribution in [3.63, 3.8) is 0 Å². The Hall–Kier alpha value is -3.43. The molecule has 0 saturated carbocycles. The van der Waals surface area contributed by atoms with E-state index in [2.05, 4.69) is 19.9 Å². The molecule has 2 heterocycles. The van der Waals surface area contributed by atoms with Crippen LogP contribution in [0, 0.1) is 17.8 Å². The molecule has 3 aliphatic rings. The van der Waals surface area contributed by atoms with E-state index in [9.17, 15) is 24.5 Å².